The van der Waals surface area contributed by atoms with Crippen LogP contribution < -0.4 is 20.1 Å². The van der Waals surface area contributed by atoms with E-state index in [4.69, 9.17) is 9.15 Å². The minimum atomic E-state index is -0.139. The van der Waals surface area contributed by atoms with Gasteiger partial charge < -0.3 is 19.4 Å². The Kier molecular flexibility index (Phi) is 10.5. The van der Waals surface area contributed by atoms with Crippen LogP contribution in [-0.2, 0) is 9.53 Å². The number of rotatable bonds is 10. The molecule has 2 aromatic carbocycles. The van der Waals surface area contributed by atoms with Crippen LogP contribution in [0.15, 0.2) is 71.2 Å². The second-order valence-corrected chi connectivity index (χ2v) is 12.5. The minimum Gasteiger partial charge on any atom is -0.456 e. The van der Waals surface area contributed by atoms with Crippen molar-refractivity contribution in [2.45, 2.75) is 58.0 Å². The topological polar surface area (TPSA) is 74.8 Å². The summed E-state index contributed by atoms with van der Waals surface area (Å²) in [5, 5.41) is 5.07. The van der Waals surface area contributed by atoms with Gasteiger partial charge in [0.15, 0.2) is 5.78 Å². The van der Waals surface area contributed by atoms with Gasteiger partial charge in [-0.3, -0.25) is 9.59 Å². The van der Waals surface area contributed by atoms with E-state index in [0.717, 1.165) is 82.1 Å². The predicted molar refractivity (Wildman–Crippen MR) is 183 cm³/mol. The lowest BCUT2D eigenvalue weighted by Crippen LogP contribution is -2.25. The molecule has 0 saturated heterocycles. The van der Waals surface area contributed by atoms with E-state index in [2.05, 4.69) is 63.3 Å². The first-order chi connectivity index (χ1) is 21.7. The van der Waals surface area contributed by atoms with Crippen molar-refractivity contribution in [1.82, 2.24) is 9.89 Å². The summed E-state index contributed by atoms with van der Waals surface area (Å²) in [4.78, 5) is 27.5. The fourth-order valence-electron chi connectivity index (χ4n) is 5.96. The number of ether oxygens (including phenoxy) is 1. The van der Waals surface area contributed by atoms with Gasteiger partial charge in [-0.15, -0.1) is 0 Å². The third-order valence-electron chi connectivity index (χ3n) is 8.60. The highest BCUT2D eigenvalue weighted by atomic mass is 16.5. The van der Waals surface area contributed by atoms with Gasteiger partial charge >= 0.3 is 0 Å². The number of benzene rings is 3. The van der Waals surface area contributed by atoms with E-state index in [1.165, 1.54) is 0 Å². The van der Waals surface area contributed by atoms with Gasteiger partial charge in [0.2, 0.25) is 5.36 Å². The van der Waals surface area contributed by atoms with Crippen LogP contribution in [0.25, 0.3) is 33.4 Å². The van der Waals surface area contributed by atoms with Crippen molar-refractivity contribution < 1.29 is 18.7 Å². The van der Waals surface area contributed by atoms with Gasteiger partial charge in [-0.05, 0) is 86.9 Å². The quantitative estimate of drug-likeness (QED) is 0.0951. The van der Waals surface area contributed by atoms with Gasteiger partial charge in [0.25, 0.3) is 5.91 Å². The Morgan fingerprint density at radius 3 is 2.56 bits per heavy atom. The van der Waals surface area contributed by atoms with E-state index in [9.17, 15) is 9.59 Å². The molecule has 1 amide bonds. The summed E-state index contributed by atoms with van der Waals surface area (Å²) in [6, 6.07) is 18.4. The Morgan fingerprint density at radius 1 is 0.978 bits per heavy atom. The molecule has 1 atom stereocenters. The van der Waals surface area contributed by atoms with Crippen LogP contribution in [-0.4, -0.2) is 59.1 Å². The van der Waals surface area contributed by atoms with E-state index < -0.39 is 0 Å². The Hall–Kier alpha value is -4.23. The van der Waals surface area contributed by atoms with Crippen molar-refractivity contribution in [3.63, 3.8) is 0 Å². The van der Waals surface area contributed by atoms with Crippen LogP contribution in [0.2, 0.25) is 0 Å². The van der Waals surface area contributed by atoms with E-state index in [1.807, 2.05) is 53.3 Å². The van der Waals surface area contributed by atoms with Crippen molar-refractivity contribution in [3.05, 3.63) is 83.2 Å². The summed E-state index contributed by atoms with van der Waals surface area (Å²) in [5.41, 5.74) is 6.63. The number of carbonyl (C=O) groups is 2. The first-order valence-corrected chi connectivity index (χ1v) is 16.1. The summed E-state index contributed by atoms with van der Waals surface area (Å²) in [6.07, 6.45) is 10.8. The SMILES string of the molecule is Cc1cc(C(=O)NCCCC(=O)COC2CC/C=C/CCC2)ccc1-c1c2ccc(=[N+](C)C)cc-2oc2cc(N(C)C)ccc12. The molecule has 7 nitrogen and oxygen atoms in total. The molecule has 236 valence electrons. The second-order valence-electron chi connectivity index (χ2n) is 12.5. The Balaban J connectivity index is 1.28. The molecule has 0 radical (unpaired) electrons. The number of carbonyl (C=O) groups excluding carboxylic acids is 2. The molecular formula is C38H46N3O4+. The van der Waals surface area contributed by atoms with Crippen molar-refractivity contribution in [2.24, 2.45) is 0 Å². The van der Waals surface area contributed by atoms with Crippen molar-refractivity contribution in [2.75, 3.05) is 46.2 Å². The monoisotopic (exact) mass is 608 g/mol. The summed E-state index contributed by atoms with van der Waals surface area (Å²) >= 11 is 0. The van der Waals surface area contributed by atoms with Crippen molar-refractivity contribution in [3.8, 4) is 22.5 Å². The Bertz CT molecular complexity index is 1750. The molecule has 0 fully saturated rings. The Morgan fingerprint density at radius 2 is 1.78 bits per heavy atom. The molecule has 1 unspecified atom stereocenters. The molecule has 45 heavy (non-hydrogen) atoms. The molecule has 1 heterocycles. The van der Waals surface area contributed by atoms with E-state index in [-0.39, 0.29) is 24.4 Å². The lowest BCUT2D eigenvalue weighted by atomic mass is 9.90. The van der Waals surface area contributed by atoms with E-state index in [1.54, 1.807) is 0 Å². The molecule has 2 aromatic rings. The summed E-state index contributed by atoms with van der Waals surface area (Å²) in [5.74, 6) is 0.758. The molecule has 3 aliphatic rings. The smallest absolute Gasteiger partial charge is 0.251 e. The number of nitrogens with zero attached hydrogens (tertiary/aromatic N) is 2. The van der Waals surface area contributed by atoms with Crippen LogP contribution in [0.1, 0.15) is 60.9 Å². The molecule has 0 aromatic heterocycles. The van der Waals surface area contributed by atoms with Gasteiger partial charge in [0.05, 0.1) is 12.2 Å². The standard InChI is InChI=1S/C38H45N3O4/c1-26-22-27(38(43)39-21-11-12-30(42)25-44-31-13-9-7-6-8-10-14-31)15-18-32(26)37-33-19-16-28(40(2)3)23-35(33)45-36-24-29(41(4)5)17-20-34(36)37/h6-7,15-20,22-24,31H,8-14,21,25H2,1-5H3/p+1/b7-6+. The summed E-state index contributed by atoms with van der Waals surface area (Å²) in [7, 11) is 8.08. The van der Waals surface area contributed by atoms with E-state index in [0.29, 0.717) is 24.9 Å². The maximum atomic E-state index is 13.1. The molecule has 0 bridgehead atoms. The molecule has 0 spiro atoms. The number of hydrogen-bond acceptors (Lipinski definition) is 5. The van der Waals surface area contributed by atoms with Crippen LogP contribution in [0, 0.1) is 6.92 Å². The number of ketones is 1. The van der Waals surface area contributed by atoms with Crippen LogP contribution in [0.5, 0.6) is 0 Å². The number of amides is 1. The highest BCUT2D eigenvalue weighted by Gasteiger charge is 2.21. The number of nitrogens with one attached hydrogen (secondary N) is 1. The highest BCUT2D eigenvalue weighted by molar-refractivity contribution is 6.04. The third kappa shape index (κ3) is 7.90. The molecule has 7 heteroatoms. The first-order valence-electron chi connectivity index (χ1n) is 16.1. The lowest BCUT2D eigenvalue weighted by Gasteiger charge is -2.19. The van der Waals surface area contributed by atoms with Crippen LogP contribution in [0.4, 0.5) is 5.69 Å². The molecule has 2 aliphatic carbocycles. The molecule has 0 saturated carbocycles. The second kappa shape index (κ2) is 14.7. The number of fused-ring (bicyclic) bond motifs is 2. The average Bonchev–Trinajstić information content (AvgIpc) is 3.00. The zero-order valence-electron chi connectivity index (χ0n) is 27.3. The fourth-order valence-corrected chi connectivity index (χ4v) is 5.96. The van der Waals surface area contributed by atoms with Gasteiger partial charge in [-0.2, -0.15) is 0 Å². The largest absolute Gasteiger partial charge is 0.456 e. The average molecular weight is 609 g/mol. The number of aryl methyl sites for hydroxylation is 1. The van der Waals surface area contributed by atoms with Gasteiger partial charge in [0, 0.05) is 67.0 Å². The zero-order valence-corrected chi connectivity index (χ0v) is 27.3. The maximum absolute atomic E-state index is 13.1. The van der Waals surface area contributed by atoms with Crippen molar-refractivity contribution in [1.29, 1.82) is 0 Å². The summed E-state index contributed by atoms with van der Waals surface area (Å²) in [6.45, 7) is 2.64. The molecule has 1 N–H and O–H groups in total. The van der Waals surface area contributed by atoms with Gasteiger partial charge in [-0.25, -0.2) is 4.58 Å². The molecule has 1 aliphatic heterocycles. The molecule has 5 rings (SSSR count). The predicted octanol–water partition coefficient (Wildman–Crippen LogP) is 6.60. The first kappa shape index (κ1) is 32.2. The summed E-state index contributed by atoms with van der Waals surface area (Å²) < 4.78 is 14.4. The van der Waals surface area contributed by atoms with E-state index >= 15 is 0 Å². The number of allylic oxidation sites excluding steroid dienone is 2. The Labute approximate surface area is 266 Å². The number of hydrogen-bond donors (Lipinski definition) is 1. The lowest BCUT2D eigenvalue weighted by molar-refractivity contribution is -0.126. The number of anilines is 1. The fraction of sp³-hybridized carbons (Fsp3) is 0.395. The minimum absolute atomic E-state index is 0.0894. The van der Waals surface area contributed by atoms with Gasteiger partial charge in [0.1, 0.15) is 32.0 Å². The van der Waals surface area contributed by atoms with Crippen molar-refractivity contribution >= 4 is 28.3 Å². The third-order valence-corrected chi connectivity index (χ3v) is 8.60. The van der Waals surface area contributed by atoms with Gasteiger partial charge in [-0.1, -0.05) is 18.2 Å². The van der Waals surface area contributed by atoms with Crippen LogP contribution in [0.3, 0.4) is 0 Å². The highest BCUT2D eigenvalue weighted by Crippen LogP contribution is 2.42. The molecular weight excluding hydrogens is 562 g/mol. The number of Topliss-reactive ketones (excluding diaryl/α,β-unsaturated/α-hetero) is 1. The normalized spacial score (nSPS) is 15.8. The zero-order chi connectivity index (χ0) is 31.9. The maximum Gasteiger partial charge on any atom is 0.251 e. The van der Waals surface area contributed by atoms with Crippen LogP contribution >= 0.6 is 0 Å².